The normalized spacial score (nSPS) is 10.0. The lowest BCUT2D eigenvalue weighted by Gasteiger charge is -2.24. The van der Waals surface area contributed by atoms with Crippen molar-refractivity contribution in [2.24, 2.45) is 0 Å². The summed E-state index contributed by atoms with van der Waals surface area (Å²) in [6.45, 7) is 0. The highest BCUT2D eigenvalue weighted by Crippen LogP contribution is 2.29. The van der Waals surface area contributed by atoms with Crippen molar-refractivity contribution in [3.63, 3.8) is 0 Å². The molecule has 0 saturated carbocycles. The lowest BCUT2D eigenvalue weighted by molar-refractivity contribution is -0.115. The Hall–Kier alpha value is -2.14. The summed E-state index contributed by atoms with van der Waals surface area (Å²) in [6, 6.07) is 16.0. The van der Waals surface area contributed by atoms with Crippen molar-refractivity contribution in [1.82, 2.24) is 0 Å². The van der Waals surface area contributed by atoms with E-state index in [1.54, 1.807) is 24.3 Å². The first-order valence-electron chi connectivity index (χ1n) is 6.30. The summed E-state index contributed by atoms with van der Waals surface area (Å²) in [5.74, 6) is -0.647. The van der Waals surface area contributed by atoms with Gasteiger partial charge in [0.05, 0.1) is 23.7 Å². The molecular formula is C16H14BrNO3. The fourth-order valence-corrected chi connectivity index (χ4v) is 2.26. The van der Waals surface area contributed by atoms with Crippen LogP contribution in [0.5, 0.6) is 0 Å². The first-order chi connectivity index (χ1) is 10.2. The van der Waals surface area contributed by atoms with Crippen molar-refractivity contribution in [2.75, 3.05) is 17.3 Å². The van der Waals surface area contributed by atoms with Crippen LogP contribution in [-0.4, -0.2) is 24.3 Å². The highest BCUT2D eigenvalue weighted by atomic mass is 79.9. The molecule has 1 amide bonds. The molecular weight excluding hydrogens is 334 g/mol. The predicted octanol–water partition coefficient (Wildman–Crippen LogP) is 3.53. The molecule has 0 atom stereocenters. The Bertz CT molecular complexity index is 643. The summed E-state index contributed by atoms with van der Waals surface area (Å²) in [7, 11) is 1.32. The molecule has 0 unspecified atom stereocenters. The van der Waals surface area contributed by atoms with Crippen LogP contribution < -0.4 is 4.90 Å². The van der Waals surface area contributed by atoms with E-state index < -0.39 is 5.97 Å². The molecule has 0 aliphatic rings. The van der Waals surface area contributed by atoms with Gasteiger partial charge in [-0.25, -0.2) is 4.79 Å². The quantitative estimate of drug-likeness (QED) is 0.627. The molecule has 108 valence electrons. The second-order valence-corrected chi connectivity index (χ2v) is 4.77. The van der Waals surface area contributed by atoms with E-state index >= 15 is 0 Å². The fourth-order valence-electron chi connectivity index (χ4n) is 2.01. The summed E-state index contributed by atoms with van der Waals surface area (Å²) < 4.78 is 4.79. The number of hydrogen-bond donors (Lipinski definition) is 0. The molecule has 0 heterocycles. The van der Waals surface area contributed by atoms with Gasteiger partial charge in [0.1, 0.15) is 0 Å². The number of rotatable bonds is 4. The van der Waals surface area contributed by atoms with Gasteiger partial charge in [-0.15, -0.1) is 0 Å². The summed E-state index contributed by atoms with van der Waals surface area (Å²) in [6.07, 6.45) is 0. The average molecular weight is 348 g/mol. The molecule has 0 aliphatic heterocycles. The highest BCUT2D eigenvalue weighted by molar-refractivity contribution is 9.09. The van der Waals surface area contributed by atoms with E-state index in [1.165, 1.54) is 12.0 Å². The van der Waals surface area contributed by atoms with Gasteiger partial charge in [0.25, 0.3) is 0 Å². The lowest BCUT2D eigenvalue weighted by Crippen LogP contribution is -2.28. The summed E-state index contributed by atoms with van der Waals surface area (Å²) in [4.78, 5) is 25.7. The number of benzene rings is 2. The Morgan fingerprint density at radius 3 is 2.29 bits per heavy atom. The Kier molecular flexibility index (Phi) is 5.11. The first-order valence-corrected chi connectivity index (χ1v) is 7.42. The molecule has 0 aliphatic carbocycles. The summed E-state index contributed by atoms with van der Waals surface area (Å²) in [5.41, 5.74) is 1.54. The van der Waals surface area contributed by atoms with Crippen LogP contribution in [0.2, 0.25) is 0 Å². The molecule has 4 nitrogen and oxygen atoms in total. The number of amides is 1. The number of alkyl halides is 1. The second kappa shape index (κ2) is 7.04. The van der Waals surface area contributed by atoms with E-state index in [9.17, 15) is 9.59 Å². The molecule has 21 heavy (non-hydrogen) atoms. The average Bonchev–Trinajstić information content (AvgIpc) is 2.55. The molecule has 0 aromatic heterocycles. The van der Waals surface area contributed by atoms with Crippen molar-refractivity contribution < 1.29 is 14.3 Å². The fraction of sp³-hybridized carbons (Fsp3) is 0.125. The van der Waals surface area contributed by atoms with Crippen LogP contribution in [0, 0.1) is 0 Å². The number of anilines is 2. The third kappa shape index (κ3) is 3.31. The predicted molar refractivity (Wildman–Crippen MR) is 85.2 cm³/mol. The molecule has 0 saturated heterocycles. The zero-order valence-corrected chi connectivity index (χ0v) is 13.0. The number of hydrogen-bond acceptors (Lipinski definition) is 3. The number of ether oxygens (including phenoxy) is 1. The molecule has 0 fully saturated rings. The molecule has 2 rings (SSSR count). The minimum Gasteiger partial charge on any atom is -0.465 e. The topological polar surface area (TPSA) is 46.6 Å². The molecule has 0 spiro atoms. The van der Waals surface area contributed by atoms with Crippen LogP contribution in [0.3, 0.4) is 0 Å². The number of esters is 1. The summed E-state index contributed by atoms with van der Waals surface area (Å²) in [5, 5.41) is 0.150. The number of nitrogens with zero attached hydrogens (tertiary/aromatic N) is 1. The molecule has 0 radical (unpaired) electrons. The highest BCUT2D eigenvalue weighted by Gasteiger charge is 2.22. The van der Waals surface area contributed by atoms with Crippen LogP contribution in [0.4, 0.5) is 11.4 Å². The van der Waals surface area contributed by atoms with Gasteiger partial charge in [-0.1, -0.05) is 46.3 Å². The molecule has 5 heteroatoms. The third-order valence-electron chi connectivity index (χ3n) is 2.93. The van der Waals surface area contributed by atoms with Crippen LogP contribution in [0.25, 0.3) is 0 Å². The maximum absolute atomic E-state index is 12.3. The Balaban J connectivity index is 2.58. The van der Waals surface area contributed by atoms with E-state index in [4.69, 9.17) is 4.74 Å². The van der Waals surface area contributed by atoms with Gasteiger partial charge in [0.2, 0.25) is 5.91 Å². The van der Waals surface area contributed by atoms with Crippen LogP contribution in [0.15, 0.2) is 54.6 Å². The minimum absolute atomic E-state index is 0.150. The molecule has 0 N–H and O–H groups in total. The van der Waals surface area contributed by atoms with E-state index in [0.29, 0.717) is 16.9 Å². The van der Waals surface area contributed by atoms with E-state index in [-0.39, 0.29) is 11.2 Å². The van der Waals surface area contributed by atoms with Gasteiger partial charge in [-0.2, -0.15) is 0 Å². The van der Waals surface area contributed by atoms with Crippen molar-refractivity contribution >= 4 is 39.2 Å². The van der Waals surface area contributed by atoms with Crippen LogP contribution >= 0.6 is 15.9 Å². The third-order valence-corrected chi connectivity index (χ3v) is 3.41. The monoisotopic (exact) mass is 347 g/mol. The van der Waals surface area contributed by atoms with Gasteiger partial charge in [-0.05, 0) is 24.3 Å². The minimum atomic E-state index is -0.478. The maximum Gasteiger partial charge on any atom is 0.339 e. The number of halogens is 1. The maximum atomic E-state index is 12.3. The van der Waals surface area contributed by atoms with Crippen molar-refractivity contribution in [3.8, 4) is 0 Å². The van der Waals surface area contributed by atoms with Gasteiger partial charge < -0.3 is 4.74 Å². The molecule has 2 aromatic carbocycles. The zero-order chi connectivity index (χ0) is 15.2. The van der Waals surface area contributed by atoms with Gasteiger partial charge in [0.15, 0.2) is 0 Å². The van der Waals surface area contributed by atoms with Crippen molar-refractivity contribution in [3.05, 3.63) is 60.2 Å². The van der Waals surface area contributed by atoms with Crippen LogP contribution in [-0.2, 0) is 9.53 Å². The van der Waals surface area contributed by atoms with E-state index in [1.807, 2.05) is 30.3 Å². The van der Waals surface area contributed by atoms with E-state index in [2.05, 4.69) is 15.9 Å². The smallest absolute Gasteiger partial charge is 0.339 e. The Morgan fingerprint density at radius 2 is 1.67 bits per heavy atom. The standard InChI is InChI=1S/C16H14BrNO3/c1-21-16(20)13-9-5-6-10-14(13)18(15(19)11-17)12-7-3-2-4-8-12/h2-10H,11H2,1H3. The van der Waals surface area contributed by atoms with Gasteiger partial charge >= 0.3 is 5.97 Å². The Morgan fingerprint density at radius 1 is 1.05 bits per heavy atom. The summed E-state index contributed by atoms with van der Waals surface area (Å²) >= 11 is 3.18. The number of carbonyl (C=O) groups is 2. The van der Waals surface area contributed by atoms with Gasteiger partial charge in [0, 0.05) is 5.69 Å². The Labute approximate surface area is 131 Å². The van der Waals surface area contributed by atoms with E-state index in [0.717, 1.165) is 0 Å². The number of methoxy groups -OCH3 is 1. The van der Waals surface area contributed by atoms with Crippen molar-refractivity contribution in [1.29, 1.82) is 0 Å². The largest absolute Gasteiger partial charge is 0.465 e. The number of para-hydroxylation sites is 2. The second-order valence-electron chi connectivity index (χ2n) is 4.21. The van der Waals surface area contributed by atoms with Crippen LogP contribution in [0.1, 0.15) is 10.4 Å². The van der Waals surface area contributed by atoms with Gasteiger partial charge in [-0.3, -0.25) is 9.69 Å². The SMILES string of the molecule is COC(=O)c1ccccc1N(C(=O)CBr)c1ccccc1. The van der Waals surface area contributed by atoms with Crippen molar-refractivity contribution in [2.45, 2.75) is 0 Å². The molecule has 0 bridgehead atoms. The lowest BCUT2D eigenvalue weighted by atomic mass is 10.1. The molecule has 2 aromatic rings. The first kappa shape index (κ1) is 15.3. The number of carbonyl (C=O) groups excluding carboxylic acids is 2. The zero-order valence-electron chi connectivity index (χ0n) is 11.5.